The maximum absolute atomic E-state index is 7.30. The predicted molar refractivity (Wildman–Crippen MR) is 410 cm³/mol. The second-order valence-electron chi connectivity index (χ2n) is 27.3. The normalized spacial score (nSPS) is 13.5. The van der Waals surface area contributed by atoms with Crippen LogP contribution in [0.1, 0.15) is 127 Å². The number of benzene rings is 12. The van der Waals surface area contributed by atoms with Crippen LogP contribution in [0.5, 0.6) is 0 Å². The SMILES string of the molecule is CCCCCCc1cc(-n2c3ccccc3c3cc(C(C)(CCCC)c4ccc5oc6ccc(-c7cccc(-c8cccc9sc%10ccccc%10c89)c7)cc6c5c4)ccc32)c2oc3ccc(C(C)(CCCC)c4cccc(-c5cccc6sc7ccccc7c56)c4)cc3c2c1. The number of aromatic nitrogens is 1. The van der Waals surface area contributed by atoms with Crippen molar-refractivity contribution in [3.8, 4) is 39.1 Å². The van der Waals surface area contributed by atoms with Crippen molar-refractivity contribution in [2.24, 2.45) is 0 Å². The quantitative estimate of drug-likeness (QED) is 0.0756. The van der Waals surface area contributed by atoms with Crippen molar-refractivity contribution in [3.05, 3.63) is 270 Å². The Morgan fingerprint density at radius 3 is 1.49 bits per heavy atom. The first kappa shape index (κ1) is 59.2. The van der Waals surface area contributed by atoms with Gasteiger partial charge in [0.05, 0.1) is 16.7 Å². The van der Waals surface area contributed by atoms with Gasteiger partial charge in [0.2, 0.25) is 0 Å². The van der Waals surface area contributed by atoms with E-state index in [0.29, 0.717) is 0 Å². The highest BCUT2D eigenvalue weighted by molar-refractivity contribution is 7.26. The monoisotopic (exact) mass is 1270 g/mol. The van der Waals surface area contributed by atoms with Gasteiger partial charge in [-0.25, -0.2) is 0 Å². The van der Waals surface area contributed by atoms with E-state index in [4.69, 9.17) is 8.83 Å². The van der Waals surface area contributed by atoms with Crippen LogP contribution in [0.3, 0.4) is 0 Å². The maximum atomic E-state index is 7.30. The fourth-order valence-electron chi connectivity index (χ4n) is 16.1. The van der Waals surface area contributed by atoms with Gasteiger partial charge in [0.1, 0.15) is 16.7 Å². The van der Waals surface area contributed by atoms with E-state index in [1.165, 1.54) is 153 Å². The van der Waals surface area contributed by atoms with Gasteiger partial charge >= 0.3 is 0 Å². The Morgan fingerprint density at radius 2 is 0.832 bits per heavy atom. The van der Waals surface area contributed by atoms with Crippen LogP contribution in [0, 0.1) is 0 Å². The molecule has 0 N–H and O–H groups in total. The molecule has 17 rings (SSSR count). The maximum Gasteiger partial charge on any atom is 0.159 e. The molecule has 2 unspecified atom stereocenters. The van der Waals surface area contributed by atoms with Crippen LogP contribution in [0.25, 0.3) is 145 Å². The third kappa shape index (κ3) is 10.0. The first-order valence-corrected chi connectivity index (χ1v) is 36.3. The van der Waals surface area contributed by atoms with Gasteiger partial charge in [-0.05, 0) is 184 Å². The molecule has 0 saturated heterocycles. The van der Waals surface area contributed by atoms with Crippen LogP contribution >= 0.6 is 22.7 Å². The minimum atomic E-state index is -0.300. The topological polar surface area (TPSA) is 31.2 Å². The summed E-state index contributed by atoms with van der Waals surface area (Å²) in [6, 6.07) is 92.0. The van der Waals surface area contributed by atoms with Crippen LogP contribution in [-0.2, 0) is 17.3 Å². The van der Waals surface area contributed by atoms with Crippen molar-refractivity contribution in [2.45, 2.75) is 116 Å². The Bertz CT molecular complexity index is 5820. The molecule has 0 spiro atoms. The highest BCUT2D eigenvalue weighted by atomic mass is 32.1. The molecule has 2 atom stereocenters. The van der Waals surface area contributed by atoms with E-state index >= 15 is 0 Å². The molecule has 0 aliphatic rings. The zero-order chi connectivity index (χ0) is 63.9. The third-order valence-corrected chi connectivity index (χ3v) is 23.7. The first-order valence-electron chi connectivity index (χ1n) is 34.7. The molecule has 5 aromatic heterocycles. The summed E-state index contributed by atoms with van der Waals surface area (Å²) in [6.45, 7) is 11.9. The van der Waals surface area contributed by atoms with Crippen molar-refractivity contribution in [1.29, 1.82) is 0 Å². The van der Waals surface area contributed by atoms with E-state index < -0.39 is 0 Å². The summed E-state index contributed by atoms with van der Waals surface area (Å²) >= 11 is 3.76. The van der Waals surface area contributed by atoms with Crippen LogP contribution in [0.4, 0.5) is 0 Å². The number of unbranched alkanes of at least 4 members (excludes halogenated alkanes) is 5. The van der Waals surface area contributed by atoms with E-state index in [0.717, 1.165) is 90.2 Å². The van der Waals surface area contributed by atoms with Gasteiger partial charge in [-0.2, -0.15) is 0 Å². The number of fused-ring (bicyclic) bond motifs is 15. The number of rotatable bonds is 19. The second-order valence-corrected chi connectivity index (χ2v) is 29.5. The molecule has 17 aromatic rings. The summed E-state index contributed by atoms with van der Waals surface area (Å²) in [6.07, 6.45) is 12.3. The fraction of sp³-hybridized carbons (Fsp3) is 0.200. The number of hydrogen-bond acceptors (Lipinski definition) is 4. The molecule has 12 aromatic carbocycles. The second kappa shape index (κ2) is 24.0. The Labute approximate surface area is 563 Å². The average molecular weight is 1270 g/mol. The first-order chi connectivity index (χ1) is 46.7. The lowest BCUT2D eigenvalue weighted by Crippen LogP contribution is -2.23. The molecule has 466 valence electrons. The lowest BCUT2D eigenvalue weighted by molar-refractivity contribution is 0.494. The zero-order valence-electron chi connectivity index (χ0n) is 55.0. The summed E-state index contributed by atoms with van der Waals surface area (Å²) < 4.78 is 21.8. The van der Waals surface area contributed by atoms with Gasteiger partial charge in [-0.1, -0.05) is 225 Å². The molecule has 5 heteroatoms. The highest BCUT2D eigenvalue weighted by Crippen LogP contribution is 2.49. The molecular weight excluding hydrogens is 1190 g/mol. The smallest absolute Gasteiger partial charge is 0.159 e. The minimum absolute atomic E-state index is 0.252. The summed E-state index contributed by atoms with van der Waals surface area (Å²) in [5.41, 5.74) is 20.7. The average Bonchev–Trinajstić information content (AvgIpc) is 1.55. The van der Waals surface area contributed by atoms with Gasteiger partial charge in [-0.3, -0.25) is 0 Å². The van der Waals surface area contributed by atoms with Gasteiger partial charge in [0, 0.05) is 83.5 Å². The number of thiophene rings is 2. The van der Waals surface area contributed by atoms with E-state index in [1.807, 2.05) is 22.7 Å². The molecule has 95 heavy (non-hydrogen) atoms. The number of aryl methyl sites for hydroxylation is 1. The zero-order valence-corrected chi connectivity index (χ0v) is 56.6. The summed E-state index contributed by atoms with van der Waals surface area (Å²) in [4.78, 5) is 0. The molecule has 5 heterocycles. The summed E-state index contributed by atoms with van der Waals surface area (Å²) in [5.74, 6) is 0. The lowest BCUT2D eigenvalue weighted by atomic mass is 9.72. The minimum Gasteiger partial charge on any atom is -0.456 e. The fourth-order valence-corrected chi connectivity index (χ4v) is 18.4. The number of furan rings is 2. The summed E-state index contributed by atoms with van der Waals surface area (Å²) in [7, 11) is 0. The van der Waals surface area contributed by atoms with Crippen molar-refractivity contribution in [2.75, 3.05) is 0 Å². The van der Waals surface area contributed by atoms with Crippen LogP contribution in [-0.4, -0.2) is 4.57 Å². The van der Waals surface area contributed by atoms with E-state index in [2.05, 4.69) is 282 Å². The number of hydrogen-bond donors (Lipinski definition) is 0. The highest BCUT2D eigenvalue weighted by Gasteiger charge is 2.33. The van der Waals surface area contributed by atoms with Gasteiger partial charge < -0.3 is 13.4 Å². The molecule has 0 radical (unpaired) electrons. The van der Waals surface area contributed by atoms with E-state index in [1.54, 1.807) is 0 Å². The van der Waals surface area contributed by atoms with Crippen molar-refractivity contribution in [1.82, 2.24) is 4.57 Å². The molecule has 0 fully saturated rings. The molecule has 0 saturated carbocycles. The Kier molecular flexibility index (Phi) is 15.0. The largest absolute Gasteiger partial charge is 0.456 e. The van der Waals surface area contributed by atoms with Crippen molar-refractivity contribution < 1.29 is 8.83 Å². The molecule has 0 aliphatic heterocycles. The predicted octanol–water partition coefficient (Wildman–Crippen LogP) is 27.4. The molecule has 3 nitrogen and oxygen atoms in total. The molecular formula is C90H77NO2S2. The van der Waals surface area contributed by atoms with Crippen LogP contribution in [0.2, 0.25) is 0 Å². The number of para-hydroxylation sites is 1. The molecule has 0 bridgehead atoms. The van der Waals surface area contributed by atoms with E-state index in [-0.39, 0.29) is 10.8 Å². The number of nitrogens with zero attached hydrogens (tertiary/aromatic N) is 1. The van der Waals surface area contributed by atoms with Crippen molar-refractivity contribution in [3.63, 3.8) is 0 Å². The third-order valence-electron chi connectivity index (χ3n) is 21.4. The van der Waals surface area contributed by atoms with Gasteiger partial charge in [0.25, 0.3) is 0 Å². The van der Waals surface area contributed by atoms with Crippen LogP contribution < -0.4 is 0 Å². The van der Waals surface area contributed by atoms with Crippen LogP contribution in [0.15, 0.2) is 251 Å². The van der Waals surface area contributed by atoms with Gasteiger partial charge in [-0.15, -0.1) is 22.7 Å². The summed E-state index contributed by atoms with van der Waals surface area (Å²) in [5, 5.41) is 12.5. The van der Waals surface area contributed by atoms with Crippen molar-refractivity contribution >= 4 is 129 Å². The molecule has 0 amide bonds. The Balaban J connectivity index is 0.769. The lowest BCUT2D eigenvalue weighted by Gasteiger charge is -2.32. The van der Waals surface area contributed by atoms with E-state index in [9.17, 15) is 0 Å². The Morgan fingerprint density at radius 1 is 0.337 bits per heavy atom. The standard InChI is InChI=1S/C90H77NO2S2/c1-6-9-12-13-24-57-49-75-74-56-65(89(4,47-10-7-2)62-28-21-27-61(52-62)67-33-23-38-85-87(67)70-31-16-19-36-83(70)95-85)42-46-81(74)93-88(75)78(50-57)91-76-34-17-14-29-68(76)71-54-63(40-43-77(71)91)90(5,48-11-8-3)64-41-45-80-73(55-64)72-53-59(39-44-79(72)92-80)58-25-20-26-60(51-58)66-32-22-37-84-86(66)69-30-15-18-35-82(69)94-84/h14-23,25-46,49-56H,6-13,24,47-48H2,1-5H3. The van der Waals surface area contributed by atoms with Gasteiger partial charge in [0.15, 0.2) is 5.58 Å². The molecule has 0 aliphatic carbocycles. The Hall–Kier alpha value is -9.52.